The minimum Gasteiger partial charge on any atom is -0.443 e. The van der Waals surface area contributed by atoms with Gasteiger partial charge >= 0.3 is 12.1 Å². The predicted molar refractivity (Wildman–Crippen MR) is 76.8 cm³/mol. The number of ether oxygens (including phenoxy) is 2. The first-order valence-electron chi connectivity index (χ1n) is 6.85. The van der Waals surface area contributed by atoms with E-state index in [0.29, 0.717) is 5.75 Å². The van der Waals surface area contributed by atoms with Crippen LogP contribution in [0, 0.1) is 5.92 Å². The SMILES string of the molecule is CC(C)(C)OC(=O)NNC(=O)[C@H]1Cc2ccccc2OC1=O. The fourth-order valence-electron chi connectivity index (χ4n) is 1.96. The molecule has 1 atom stereocenters. The maximum absolute atomic E-state index is 12.0. The number of hydrogen-bond acceptors (Lipinski definition) is 5. The van der Waals surface area contributed by atoms with Crippen LogP contribution in [0.5, 0.6) is 5.75 Å². The molecule has 0 aromatic heterocycles. The molecule has 0 radical (unpaired) electrons. The summed E-state index contributed by atoms with van der Waals surface area (Å²) in [7, 11) is 0. The Kier molecular flexibility index (Phi) is 4.35. The second kappa shape index (κ2) is 6.05. The number of carbonyl (C=O) groups is 3. The van der Waals surface area contributed by atoms with Crippen molar-refractivity contribution in [2.75, 3.05) is 0 Å². The zero-order valence-corrected chi connectivity index (χ0v) is 12.6. The Bertz CT molecular complexity index is 606. The normalized spacial score (nSPS) is 17.0. The van der Waals surface area contributed by atoms with Gasteiger partial charge < -0.3 is 9.47 Å². The smallest absolute Gasteiger partial charge is 0.426 e. The molecule has 22 heavy (non-hydrogen) atoms. The van der Waals surface area contributed by atoms with Gasteiger partial charge in [-0.05, 0) is 38.8 Å². The minimum absolute atomic E-state index is 0.219. The number of fused-ring (bicyclic) bond motifs is 1. The topological polar surface area (TPSA) is 93.7 Å². The van der Waals surface area contributed by atoms with Crippen molar-refractivity contribution >= 4 is 18.0 Å². The lowest BCUT2D eigenvalue weighted by Gasteiger charge is -2.23. The molecular weight excluding hydrogens is 288 g/mol. The number of benzene rings is 1. The Morgan fingerprint density at radius 1 is 1.23 bits per heavy atom. The summed E-state index contributed by atoms with van der Waals surface area (Å²) in [4.78, 5) is 35.3. The van der Waals surface area contributed by atoms with Crippen molar-refractivity contribution in [2.45, 2.75) is 32.8 Å². The van der Waals surface area contributed by atoms with Gasteiger partial charge in [-0.1, -0.05) is 18.2 Å². The van der Waals surface area contributed by atoms with E-state index in [1.807, 2.05) is 0 Å². The number of hydrazine groups is 1. The van der Waals surface area contributed by atoms with Crippen LogP contribution in [0.15, 0.2) is 24.3 Å². The molecule has 7 heteroatoms. The maximum Gasteiger partial charge on any atom is 0.426 e. The summed E-state index contributed by atoms with van der Waals surface area (Å²) in [5, 5.41) is 0. The molecule has 1 aromatic carbocycles. The highest BCUT2D eigenvalue weighted by atomic mass is 16.6. The summed E-state index contributed by atoms with van der Waals surface area (Å²) in [6, 6.07) is 6.99. The number of esters is 1. The quantitative estimate of drug-likeness (QED) is 0.353. The van der Waals surface area contributed by atoms with Crippen LogP contribution >= 0.6 is 0 Å². The molecule has 0 saturated carbocycles. The Morgan fingerprint density at radius 2 is 1.91 bits per heavy atom. The van der Waals surface area contributed by atoms with Crippen molar-refractivity contribution in [1.29, 1.82) is 0 Å². The zero-order chi connectivity index (χ0) is 16.3. The molecule has 0 saturated heterocycles. The van der Waals surface area contributed by atoms with E-state index in [2.05, 4.69) is 10.9 Å². The van der Waals surface area contributed by atoms with Gasteiger partial charge in [0, 0.05) is 0 Å². The van der Waals surface area contributed by atoms with Crippen LogP contribution in [0.4, 0.5) is 4.79 Å². The molecule has 2 amide bonds. The summed E-state index contributed by atoms with van der Waals surface area (Å²) in [6.07, 6.45) is -0.581. The summed E-state index contributed by atoms with van der Waals surface area (Å²) in [5.41, 5.74) is 4.36. The molecule has 0 spiro atoms. The molecule has 0 bridgehead atoms. The Hall–Kier alpha value is -2.57. The van der Waals surface area contributed by atoms with E-state index < -0.39 is 29.5 Å². The number of nitrogens with one attached hydrogen (secondary N) is 2. The molecule has 0 unspecified atom stereocenters. The molecule has 7 nitrogen and oxygen atoms in total. The molecule has 1 aliphatic heterocycles. The van der Waals surface area contributed by atoms with Crippen molar-refractivity contribution in [2.24, 2.45) is 5.92 Å². The summed E-state index contributed by atoms with van der Waals surface area (Å²) < 4.78 is 10.1. The average Bonchev–Trinajstić information content (AvgIpc) is 2.42. The van der Waals surface area contributed by atoms with Crippen LogP contribution in [0.2, 0.25) is 0 Å². The molecular formula is C15H18N2O5. The van der Waals surface area contributed by atoms with E-state index in [9.17, 15) is 14.4 Å². The Morgan fingerprint density at radius 3 is 2.59 bits per heavy atom. The summed E-state index contributed by atoms with van der Waals surface area (Å²) in [6.45, 7) is 5.09. The Balaban J connectivity index is 1.93. The molecule has 2 rings (SSSR count). The third-order valence-electron chi connectivity index (χ3n) is 2.89. The molecule has 1 heterocycles. The highest BCUT2D eigenvalue weighted by Gasteiger charge is 2.34. The van der Waals surface area contributed by atoms with Gasteiger partial charge in [-0.25, -0.2) is 10.2 Å². The van der Waals surface area contributed by atoms with Crippen LogP contribution < -0.4 is 15.6 Å². The van der Waals surface area contributed by atoms with E-state index in [-0.39, 0.29) is 6.42 Å². The number of amides is 2. The van der Waals surface area contributed by atoms with E-state index >= 15 is 0 Å². The third-order valence-corrected chi connectivity index (χ3v) is 2.89. The number of rotatable bonds is 1. The van der Waals surface area contributed by atoms with E-state index in [0.717, 1.165) is 5.56 Å². The van der Waals surface area contributed by atoms with Gasteiger partial charge in [0.2, 0.25) is 0 Å². The highest BCUT2D eigenvalue weighted by molar-refractivity contribution is 6.00. The Labute approximate surface area is 127 Å². The van der Waals surface area contributed by atoms with Crippen molar-refractivity contribution in [3.8, 4) is 5.75 Å². The molecule has 1 aromatic rings. The van der Waals surface area contributed by atoms with Gasteiger partial charge in [-0.15, -0.1) is 0 Å². The van der Waals surface area contributed by atoms with Crippen molar-refractivity contribution in [3.05, 3.63) is 29.8 Å². The first-order chi connectivity index (χ1) is 10.3. The summed E-state index contributed by atoms with van der Waals surface area (Å²) in [5.74, 6) is -1.85. The van der Waals surface area contributed by atoms with Gasteiger partial charge in [0.15, 0.2) is 0 Å². The monoisotopic (exact) mass is 306 g/mol. The average molecular weight is 306 g/mol. The number of para-hydroxylation sites is 1. The standard InChI is InChI=1S/C15H18N2O5/c1-15(2,3)22-14(20)17-16-12(18)10-8-9-6-4-5-7-11(9)21-13(10)19/h4-7,10H,8H2,1-3H3,(H,16,18)(H,17,20)/t10-/m1/s1. The van der Waals surface area contributed by atoms with Crippen LogP contribution in [-0.4, -0.2) is 23.6 Å². The molecule has 2 N–H and O–H groups in total. The van der Waals surface area contributed by atoms with E-state index in [4.69, 9.17) is 9.47 Å². The van der Waals surface area contributed by atoms with Crippen LogP contribution in [0.25, 0.3) is 0 Å². The summed E-state index contributed by atoms with van der Waals surface area (Å²) >= 11 is 0. The fraction of sp³-hybridized carbons (Fsp3) is 0.400. The van der Waals surface area contributed by atoms with Crippen LogP contribution in [-0.2, 0) is 20.7 Å². The molecule has 1 aliphatic rings. The lowest BCUT2D eigenvalue weighted by molar-refractivity contribution is -0.146. The van der Waals surface area contributed by atoms with Crippen LogP contribution in [0.1, 0.15) is 26.3 Å². The molecule has 118 valence electrons. The van der Waals surface area contributed by atoms with Gasteiger partial charge in [0.05, 0.1) is 0 Å². The number of carbonyl (C=O) groups excluding carboxylic acids is 3. The third kappa shape index (κ3) is 3.97. The maximum atomic E-state index is 12.0. The van der Waals surface area contributed by atoms with Gasteiger partial charge in [0.25, 0.3) is 5.91 Å². The first-order valence-corrected chi connectivity index (χ1v) is 6.85. The van der Waals surface area contributed by atoms with Crippen molar-refractivity contribution < 1.29 is 23.9 Å². The second-order valence-corrected chi connectivity index (χ2v) is 5.90. The predicted octanol–water partition coefficient (Wildman–Crippen LogP) is 1.32. The minimum atomic E-state index is -1.01. The fourth-order valence-corrected chi connectivity index (χ4v) is 1.96. The number of hydrogen-bond donors (Lipinski definition) is 2. The molecule has 0 aliphatic carbocycles. The van der Waals surface area contributed by atoms with Crippen molar-refractivity contribution in [3.63, 3.8) is 0 Å². The highest BCUT2D eigenvalue weighted by Crippen LogP contribution is 2.27. The second-order valence-electron chi connectivity index (χ2n) is 5.90. The lowest BCUT2D eigenvalue weighted by Crippen LogP contribution is -2.49. The first kappa shape index (κ1) is 15.8. The van der Waals surface area contributed by atoms with Gasteiger partial charge in [0.1, 0.15) is 17.3 Å². The van der Waals surface area contributed by atoms with E-state index in [1.165, 1.54) is 0 Å². The molecule has 0 fully saturated rings. The zero-order valence-electron chi connectivity index (χ0n) is 12.6. The van der Waals surface area contributed by atoms with Gasteiger partial charge in [-0.2, -0.15) is 0 Å². The van der Waals surface area contributed by atoms with E-state index in [1.54, 1.807) is 45.0 Å². The van der Waals surface area contributed by atoms with Crippen molar-refractivity contribution in [1.82, 2.24) is 10.9 Å². The van der Waals surface area contributed by atoms with Gasteiger partial charge in [-0.3, -0.25) is 15.0 Å². The van der Waals surface area contributed by atoms with Crippen LogP contribution in [0.3, 0.4) is 0 Å². The lowest BCUT2D eigenvalue weighted by atomic mass is 9.95. The largest absolute Gasteiger partial charge is 0.443 e.